The number of benzene rings is 2. The molecule has 0 aromatic heterocycles. The Kier molecular flexibility index (Phi) is 5.86. The third-order valence-corrected chi connectivity index (χ3v) is 4.56. The summed E-state index contributed by atoms with van der Waals surface area (Å²) in [7, 11) is 0. The zero-order valence-electron chi connectivity index (χ0n) is 15.2. The SMILES string of the molecule is C=C(C)/C(C)=C(\C)NCCc1ccc(N)c(-c2ccccc2C)c1. The van der Waals surface area contributed by atoms with Crippen molar-refractivity contribution < 1.29 is 0 Å². The maximum Gasteiger partial charge on any atom is 0.0394 e. The van der Waals surface area contributed by atoms with Crippen molar-refractivity contribution in [1.29, 1.82) is 0 Å². The van der Waals surface area contributed by atoms with Gasteiger partial charge in [0, 0.05) is 23.5 Å². The Hall–Kier alpha value is -2.48. The van der Waals surface area contributed by atoms with Gasteiger partial charge in [0.1, 0.15) is 0 Å². The summed E-state index contributed by atoms with van der Waals surface area (Å²) in [5.74, 6) is 0. The van der Waals surface area contributed by atoms with Crippen LogP contribution >= 0.6 is 0 Å². The van der Waals surface area contributed by atoms with Gasteiger partial charge in [-0.05, 0) is 68.5 Å². The van der Waals surface area contributed by atoms with Gasteiger partial charge in [0.15, 0.2) is 0 Å². The second-order valence-electron chi connectivity index (χ2n) is 6.44. The van der Waals surface area contributed by atoms with Crippen LogP contribution in [0, 0.1) is 6.92 Å². The number of anilines is 1. The van der Waals surface area contributed by atoms with Gasteiger partial charge in [-0.15, -0.1) is 0 Å². The first-order chi connectivity index (χ1) is 11.4. The molecular formula is C22H28N2. The Balaban J connectivity index is 2.14. The van der Waals surface area contributed by atoms with Crippen molar-refractivity contribution in [2.24, 2.45) is 0 Å². The molecule has 0 saturated carbocycles. The van der Waals surface area contributed by atoms with Crippen LogP contribution in [0.4, 0.5) is 5.69 Å². The molecule has 0 heterocycles. The molecule has 2 nitrogen and oxygen atoms in total. The largest absolute Gasteiger partial charge is 0.398 e. The van der Waals surface area contributed by atoms with Gasteiger partial charge in [-0.25, -0.2) is 0 Å². The van der Waals surface area contributed by atoms with Crippen LogP contribution in [0.25, 0.3) is 11.1 Å². The standard InChI is InChI=1S/C22H28N2/c1-15(2)17(4)18(5)24-13-12-19-10-11-22(23)21(14-19)20-9-7-6-8-16(20)3/h6-11,14,24H,1,12-13,23H2,2-5H3/b18-17+. The Bertz CT molecular complexity index is 769. The van der Waals surface area contributed by atoms with Crippen LogP contribution in [0.1, 0.15) is 31.9 Å². The normalized spacial score (nSPS) is 11.8. The average Bonchev–Trinajstić information content (AvgIpc) is 2.56. The molecule has 0 radical (unpaired) electrons. The molecular weight excluding hydrogens is 292 g/mol. The zero-order chi connectivity index (χ0) is 17.7. The van der Waals surface area contributed by atoms with Crippen LogP contribution in [-0.2, 0) is 6.42 Å². The fourth-order valence-electron chi connectivity index (χ4n) is 2.71. The summed E-state index contributed by atoms with van der Waals surface area (Å²) < 4.78 is 0. The van der Waals surface area contributed by atoms with E-state index in [4.69, 9.17) is 5.73 Å². The lowest BCUT2D eigenvalue weighted by Crippen LogP contribution is -2.16. The first kappa shape index (κ1) is 17.9. The number of nitrogens with one attached hydrogen (secondary N) is 1. The van der Waals surface area contributed by atoms with Gasteiger partial charge in [-0.3, -0.25) is 0 Å². The Labute approximate surface area is 146 Å². The smallest absolute Gasteiger partial charge is 0.0394 e. The van der Waals surface area contributed by atoms with E-state index in [-0.39, 0.29) is 0 Å². The molecule has 0 fully saturated rings. The molecule has 0 amide bonds. The zero-order valence-corrected chi connectivity index (χ0v) is 15.2. The van der Waals surface area contributed by atoms with Crippen molar-refractivity contribution in [3.63, 3.8) is 0 Å². The first-order valence-corrected chi connectivity index (χ1v) is 8.41. The lowest BCUT2D eigenvalue weighted by Gasteiger charge is -2.13. The average molecular weight is 320 g/mol. The minimum atomic E-state index is 0.829. The number of aryl methyl sites for hydroxylation is 1. The van der Waals surface area contributed by atoms with Crippen LogP contribution in [0.2, 0.25) is 0 Å². The van der Waals surface area contributed by atoms with Gasteiger partial charge >= 0.3 is 0 Å². The van der Waals surface area contributed by atoms with Crippen LogP contribution in [0.15, 0.2) is 65.9 Å². The van der Waals surface area contributed by atoms with Gasteiger partial charge in [-0.1, -0.05) is 42.5 Å². The Morgan fingerprint density at radius 1 is 1.04 bits per heavy atom. The van der Waals surface area contributed by atoms with Crippen molar-refractivity contribution >= 4 is 5.69 Å². The highest BCUT2D eigenvalue weighted by atomic mass is 14.9. The van der Waals surface area contributed by atoms with E-state index >= 15 is 0 Å². The Morgan fingerprint density at radius 2 is 1.75 bits per heavy atom. The minimum Gasteiger partial charge on any atom is -0.398 e. The van der Waals surface area contributed by atoms with Crippen LogP contribution in [0.3, 0.4) is 0 Å². The van der Waals surface area contributed by atoms with Crippen molar-refractivity contribution in [2.75, 3.05) is 12.3 Å². The van der Waals surface area contributed by atoms with Crippen molar-refractivity contribution in [2.45, 2.75) is 34.1 Å². The van der Waals surface area contributed by atoms with Gasteiger partial charge in [0.2, 0.25) is 0 Å². The second kappa shape index (κ2) is 7.87. The number of nitrogen functional groups attached to an aromatic ring is 1. The molecule has 0 spiro atoms. The van der Waals surface area contributed by atoms with Gasteiger partial charge < -0.3 is 11.1 Å². The summed E-state index contributed by atoms with van der Waals surface area (Å²) in [5, 5.41) is 3.48. The van der Waals surface area contributed by atoms with Crippen LogP contribution < -0.4 is 11.1 Å². The summed E-state index contributed by atoms with van der Waals surface area (Å²) in [6.45, 7) is 13.3. The molecule has 0 unspecified atom stereocenters. The third-order valence-electron chi connectivity index (χ3n) is 4.56. The lowest BCUT2D eigenvalue weighted by atomic mass is 9.96. The van der Waals surface area contributed by atoms with E-state index in [2.05, 4.69) is 69.1 Å². The maximum atomic E-state index is 6.21. The van der Waals surface area contributed by atoms with Gasteiger partial charge in [0.05, 0.1) is 0 Å². The van der Waals surface area contributed by atoms with Crippen LogP contribution in [-0.4, -0.2) is 6.54 Å². The summed E-state index contributed by atoms with van der Waals surface area (Å²) >= 11 is 0. The fourth-order valence-corrected chi connectivity index (χ4v) is 2.71. The van der Waals surface area contributed by atoms with E-state index in [9.17, 15) is 0 Å². The van der Waals surface area contributed by atoms with E-state index in [1.54, 1.807) is 0 Å². The molecule has 24 heavy (non-hydrogen) atoms. The summed E-state index contributed by atoms with van der Waals surface area (Å²) in [6, 6.07) is 14.7. The van der Waals surface area contributed by atoms with Crippen molar-refractivity contribution in [1.82, 2.24) is 5.32 Å². The second-order valence-corrected chi connectivity index (χ2v) is 6.44. The molecule has 0 atom stereocenters. The maximum absolute atomic E-state index is 6.21. The fraction of sp³-hybridized carbons (Fsp3) is 0.273. The summed E-state index contributed by atoms with van der Waals surface area (Å²) in [5.41, 5.74) is 15.4. The van der Waals surface area contributed by atoms with E-state index in [1.165, 1.54) is 28.0 Å². The number of nitrogens with two attached hydrogens (primary N) is 1. The first-order valence-electron chi connectivity index (χ1n) is 8.41. The molecule has 0 bridgehead atoms. The molecule has 2 rings (SSSR count). The van der Waals surface area contributed by atoms with Crippen molar-refractivity contribution in [3.8, 4) is 11.1 Å². The lowest BCUT2D eigenvalue weighted by molar-refractivity contribution is 0.779. The highest BCUT2D eigenvalue weighted by Crippen LogP contribution is 2.29. The van der Waals surface area contributed by atoms with Crippen molar-refractivity contribution in [3.05, 3.63) is 77.0 Å². The van der Waals surface area contributed by atoms with E-state index in [0.717, 1.165) is 29.8 Å². The predicted octanol–water partition coefficient (Wildman–Crippen LogP) is 5.25. The predicted molar refractivity (Wildman–Crippen MR) is 106 cm³/mol. The quantitative estimate of drug-likeness (QED) is 0.564. The summed E-state index contributed by atoms with van der Waals surface area (Å²) in [6.07, 6.45) is 0.958. The molecule has 3 N–H and O–H groups in total. The number of rotatable bonds is 6. The van der Waals surface area contributed by atoms with Gasteiger partial charge in [0.25, 0.3) is 0 Å². The molecule has 2 aromatic rings. The Morgan fingerprint density at radius 3 is 2.42 bits per heavy atom. The molecule has 0 aliphatic carbocycles. The highest BCUT2D eigenvalue weighted by molar-refractivity contribution is 5.78. The molecule has 2 aromatic carbocycles. The van der Waals surface area contributed by atoms with E-state index in [0.29, 0.717) is 0 Å². The minimum absolute atomic E-state index is 0.829. The van der Waals surface area contributed by atoms with E-state index in [1.807, 2.05) is 13.0 Å². The van der Waals surface area contributed by atoms with E-state index < -0.39 is 0 Å². The molecule has 0 aliphatic heterocycles. The van der Waals surface area contributed by atoms with Crippen LogP contribution in [0.5, 0.6) is 0 Å². The topological polar surface area (TPSA) is 38.0 Å². The highest BCUT2D eigenvalue weighted by Gasteiger charge is 2.07. The molecule has 126 valence electrons. The van der Waals surface area contributed by atoms with Gasteiger partial charge in [-0.2, -0.15) is 0 Å². The summed E-state index contributed by atoms with van der Waals surface area (Å²) in [4.78, 5) is 0. The molecule has 0 aliphatic rings. The number of hydrogen-bond donors (Lipinski definition) is 2. The molecule has 0 saturated heterocycles. The number of allylic oxidation sites excluding steroid dienone is 3. The number of hydrogen-bond acceptors (Lipinski definition) is 2. The molecule has 2 heteroatoms. The third kappa shape index (κ3) is 4.29. The monoisotopic (exact) mass is 320 g/mol.